The highest BCUT2D eigenvalue weighted by Gasteiger charge is 2.65. The topological polar surface area (TPSA) is 54.4 Å². The molecule has 3 aliphatic carbocycles. The third-order valence-corrected chi connectivity index (χ3v) is 14.9. The van der Waals surface area contributed by atoms with Crippen molar-refractivity contribution in [3.05, 3.63) is 81.3 Å². The lowest BCUT2D eigenvalue weighted by molar-refractivity contribution is 0.0154. The number of allylic oxidation sites excluding steroid dienone is 1. The van der Waals surface area contributed by atoms with Crippen LogP contribution in [0.3, 0.4) is 0 Å². The summed E-state index contributed by atoms with van der Waals surface area (Å²) in [6, 6.07) is 17.9. The lowest BCUT2D eigenvalue weighted by Gasteiger charge is -2.49. The zero-order chi connectivity index (χ0) is 26.9. The molecule has 38 heavy (non-hydrogen) atoms. The Bertz CT molecular complexity index is 1310. The van der Waals surface area contributed by atoms with Crippen molar-refractivity contribution < 1.29 is 13.5 Å². The fourth-order valence-electron chi connectivity index (χ4n) is 8.60. The van der Waals surface area contributed by atoms with Gasteiger partial charge in [0.1, 0.15) is 0 Å². The van der Waals surface area contributed by atoms with E-state index in [2.05, 4.69) is 76.2 Å². The van der Waals surface area contributed by atoms with E-state index in [1.165, 1.54) is 27.8 Å². The Hall–Kier alpha value is -1.56. The van der Waals surface area contributed by atoms with E-state index in [1.807, 2.05) is 11.8 Å². The number of aliphatic hydroxyl groups excluding tert-OH is 1. The average Bonchev–Trinajstić information content (AvgIpc) is 3.23. The Morgan fingerprint density at radius 3 is 2.05 bits per heavy atom. The minimum absolute atomic E-state index is 0.0961. The van der Waals surface area contributed by atoms with E-state index in [4.69, 9.17) is 0 Å². The molecule has 1 N–H and O–H groups in total. The molecule has 3 fully saturated rings. The molecule has 204 valence electrons. The SMILES string of the molecule is Cc1ccc(C2(c3ccc(C)cc3)SCC(S(=O)(=O)C[C@]34CC[C@H](C[C@H]3O)C4(C)C)=C3CCCC[C@@H]32)cc1. The number of hydrogen-bond donors (Lipinski definition) is 1. The van der Waals surface area contributed by atoms with Crippen molar-refractivity contribution in [2.75, 3.05) is 11.5 Å². The molecular weight excluding hydrogens is 508 g/mol. The van der Waals surface area contributed by atoms with Crippen LogP contribution in [0.15, 0.2) is 59.0 Å². The maximum absolute atomic E-state index is 14.4. The molecule has 0 spiro atoms. The highest BCUT2D eigenvalue weighted by molar-refractivity contribution is 8.03. The van der Waals surface area contributed by atoms with Gasteiger partial charge in [-0.1, -0.05) is 79.9 Å². The van der Waals surface area contributed by atoms with Gasteiger partial charge in [-0.05, 0) is 80.4 Å². The van der Waals surface area contributed by atoms with Crippen molar-refractivity contribution in [3.8, 4) is 0 Å². The summed E-state index contributed by atoms with van der Waals surface area (Å²) in [5.74, 6) is 1.18. The summed E-state index contributed by atoms with van der Waals surface area (Å²) in [5.41, 5.74) is 5.54. The first-order valence-electron chi connectivity index (χ1n) is 14.4. The molecule has 2 aromatic carbocycles. The number of thioether (sulfide) groups is 1. The Labute approximate surface area is 233 Å². The fourth-order valence-corrected chi connectivity index (χ4v) is 13.3. The summed E-state index contributed by atoms with van der Waals surface area (Å²) in [6.45, 7) is 8.65. The van der Waals surface area contributed by atoms with E-state index in [9.17, 15) is 13.5 Å². The van der Waals surface area contributed by atoms with Crippen LogP contribution in [-0.4, -0.2) is 31.1 Å². The molecule has 2 bridgehead atoms. The van der Waals surface area contributed by atoms with Gasteiger partial charge in [-0.25, -0.2) is 8.42 Å². The lowest BCUT2D eigenvalue weighted by atomic mass is 9.69. The number of sulfone groups is 1. The Morgan fingerprint density at radius 1 is 0.921 bits per heavy atom. The Balaban J connectivity index is 1.48. The summed E-state index contributed by atoms with van der Waals surface area (Å²) in [6.07, 6.45) is 6.12. The molecule has 0 unspecified atom stereocenters. The second-order valence-electron chi connectivity index (χ2n) is 13.1. The number of rotatable bonds is 5. The number of hydrogen-bond acceptors (Lipinski definition) is 4. The van der Waals surface area contributed by atoms with Gasteiger partial charge in [0, 0.05) is 17.1 Å². The van der Waals surface area contributed by atoms with E-state index in [-0.39, 0.29) is 21.8 Å². The van der Waals surface area contributed by atoms with Gasteiger partial charge in [0.15, 0.2) is 9.84 Å². The first-order valence-corrected chi connectivity index (χ1v) is 17.1. The van der Waals surface area contributed by atoms with Crippen molar-refractivity contribution in [2.24, 2.45) is 22.7 Å². The smallest absolute Gasteiger partial charge is 0.176 e. The van der Waals surface area contributed by atoms with E-state index >= 15 is 0 Å². The maximum atomic E-state index is 14.4. The van der Waals surface area contributed by atoms with Crippen LogP contribution in [0.4, 0.5) is 0 Å². The fraction of sp³-hybridized carbons (Fsp3) is 0.576. The highest BCUT2D eigenvalue weighted by Crippen LogP contribution is 2.67. The van der Waals surface area contributed by atoms with Crippen molar-refractivity contribution in [2.45, 2.75) is 83.5 Å². The molecule has 1 heterocycles. The molecule has 3 nitrogen and oxygen atoms in total. The van der Waals surface area contributed by atoms with Crippen LogP contribution in [0.5, 0.6) is 0 Å². The second kappa shape index (κ2) is 9.24. The first kappa shape index (κ1) is 26.7. The molecule has 0 amide bonds. The number of benzene rings is 2. The summed E-state index contributed by atoms with van der Waals surface area (Å²) in [7, 11) is -3.51. The molecule has 1 aliphatic heterocycles. The quantitative estimate of drug-likeness (QED) is 0.423. The first-order chi connectivity index (χ1) is 18.0. The summed E-state index contributed by atoms with van der Waals surface area (Å²) >= 11 is 1.83. The van der Waals surface area contributed by atoms with Crippen LogP contribution in [0.25, 0.3) is 0 Å². The molecule has 4 aliphatic rings. The Kier molecular flexibility index (Phi) is 6.48. The molecule has 6 rings (SSSR count). The van der Waals surface area contributed by atoms with Gasteiger partial charge in [0.2, 0.25) is 0 Å². The van der Waals surface area contributed by atoms with E-state index < -0.39 is 21.4 Å². The minimum Gasteiger partial charge on any atom is -0.392 e. The standard InChI is InChI=1S/C33H42O3S2/c1-22-9-13-24(14-10-22)33(25-15-11-23(2)12-16-25)28-8-6-5-7-27(28)29(20-37-33)38(35,36)21-32-18-17-26(19-30(32)34)31(32,3)4/h9-16,26,28,30,34H,5-8,17-21H2,1-4H3/t26-,28+,30-,32-/m1/s1. The van der Waals surface area contributed by atoms with Crippen LogP contribution in [0.2, 0.25) is 0 Å². The molecule has 2 aromatic rings. The van der Waals surface area contributed by atoms with E-state index in [0.29, 0.717) is 16.6 Å². The highest BCUT2D eigenvalue weighted by atomic mass is 32.2. The number of aliphatic hydroxyl groups is 1. The van der Waals surface area contributed by atoms with Crippen LogP contribution >= 0.6 is 11.8 Å². The van der Waals surface area contributed by atoms with E-state index in [1.54, 1.807) is 0 Å². The Morgan fingerprint density at radius 2 is 1.53 bits per heavy atom. The van der Waals surface area contributed by atoms with Crippen molar-refractivity contribution >= 4 is 21.6 Å². The maximum Gasteiger partial charge on any atom is 0.176 e. The molecule has 5 heteroatoms. The van der Waals surface area contributed by atoms with Gasteiger partial charge < -0.3 is 5.11 Å². The molecule has 3 saturated carbocycles. The third-order valence-electron chi connectivity index (χ3n) is 11.1. The predicted octanol–water partition coefficient (Wildman–Crippen LogP) is 7.34. The number of aryl methyl sites for hydroxylation is 2. The van der Waals surface area contributed by atoms with Gasteiger partial charge in [0.05, 0.1) is 21.5 Å². The normalized spacial score (nSPS) is 31.9. The molecule has 4 atom stereocenters. The van der Waals surface area contributed by atoms with Gasteiger partial charge in [-0.3, -0.25) is 0 Å². The summed E-state index contributed by atoms with van der Waals surface area (Å²) in [4.78, 5) is 0.690. The van der Waals surface area contributed by atoms with Gasteiger partial charge in [-0.2, -0.15) is 0 Å². The van der Waals surface area contributed by atoms with Crippen LogP contribution in [-0.2, 0) is 14.6 Å². The van der Waals surface area contributed by atoms with Gasteiger partial charge in [0.25, 0.3) is 0 Å². The number of fused-ring (bicyclic) bond motifs is 3. The molecule has 0 saturated heterocycles. The minimum atomic E-state index is -3.51. The zero-order valence-electron chi connectivity index (χ0n) is 23.3. The zero-order valence-corrected chi connectivity index (χ0v) is 24.9. The van der Waals surface area contributed by atoms with Crippen LogP contribution in [0.1, 0.15) is 81.0 Å². The summed E-state index contributed by atoms with van der Waals surface area (Å²) in [5, 5.41) is 11.1. The van der Waals surface area contributed by atoms with Gasteiger partial charge in [-0.15, -0.1) is 11.8 Å². The average molecular weight is 551 g/mol. The molecule has 0 radical (unpaired) electrons. The van der Waals surface area contributed by atoms with Crippen molar-refractivity contribution in [1.82, 2.24) is 0 Å². The summed E-state index contributed by atoms with van der Waals surface area (Å²) < 4.78 is 28.5. The van der Waals surface area contributed by atoms with Crippen molar-refractivity contribution in [1.29, 1.82) is 0 Å². The van der Waals surface area contributed by atoms with E-state index in [0.717, 1.165) is 44.9 Å². The second-order valence-corrected chi connectivity index (χ2v) is 16.4. The van der Waals surface area contributed by atoms with Crippen molar-refractivity contribution in [3.63, 3.8) is 0 Å². The van der Waals surface area contributed by atoms with Gasteiger partial charge >= 0.3 is 0 Å². The predicted molar refractivity (Wildman–Crippen MR) is 158 cm³/mol. The molecule has 0 aromatic heterocycles. The molecular formula is C33H42O3S2. The van der Waals surface area contributed by atoms with Crippen LogP contribution in [0, 0.1) is 36.5 Å². The third kappa shape index (κ3) is 3.82. The monoisotopic (exact) mass is 550 g/mol. The van der Waals surface area contributed by atoms with Crippen LogP contribution < -0.4 is 0 Å². The largest absolute Gasteiger partial charge is 0.392 e. The lowest BCUT2D eigenvalue weighted by Crippen LogP contribution is -2.46.